The molecule has 0 aliphatic heterocycles. The SMILES string of the molecule is CC(C(=O)Nc1cccc(C(F)(F)Cl)c1)c1ccoc1. The van der Waals surface area contributed by atoms with Gasteiger partial charge in [0.2, 0.25) is 5.91 Å². The molecule has 106 valence electrons. The Balaban J connectivity index is 2.12. The molecule has 6 heteroatoms. The summed E-state index contributed by atoms with van der Waals surface area (Å²) in [6.07, 6.45) is 2.93. The van der Waals surface area contributed by atoms with Gasteiger partial charge in [0.15, 0.2) is 0 Å². The highest BCUT2D eigenvalue weighted by molar-refractivity contribution is 6.21. The predicted octanol–water partition coefficient (Wildman–Crippen LogP) is 4.31. The molecule has 2 aromatic rings. The predicted molar refractivity (Wildman–Crippen MR) is 71.9 cm³/mol. The van der Waals surface area contributed by atoms with Crippen molar-refractivity contribution in [1.29, 1.82) is 0 Å². The fourth-order valence-corrected chi connectivity index (χ4v) is 1.81. The van der Waals surface area contributed by atoms with E-state index in [9.17, 15) is 13.6 Å². The number of anilines is 1. The van der Waals surface area contributed by atoms with E-state index in [1.165, 1.54) is 30.7 Å². The molecule has 3 nitrogen and oxygen atoms in total. The molecule has 0 bridgehead atoms. The molecule has 1 N–H and O–H groups in total. The number of halogens is 3. The average Bonchev–Trinajstić information content (AvgIpc) is 2.91. The van der Waals surface area contributed by atoms with Gasteiger partial charge in [-0.05, 0) is 36.7 Å². The van der Waals surface area contributed by atoms with E-state index in [4.69, 9.17) is 16.0 Å². The number of hydrogen-bond acceptors (Lipinski definition) is 2. The molecule has 0 fully saturated rings. The smallest absolute Gasteiger partial charge is 0.348 e. The van der Waals surface area contributed by atoms with Crippen LogP contribution in [0.5, 0.6) is 0 Å². The lowest BCUT2D eigenvalue weighted by Crippen LogP contribution is -2.18. The number of rotatable bonds is 4. The molecule has 0 saturated heterocycles. The van der Waals surface area contributed by atoms with Gasteiger partial charge >= 0.3 is 5.38 Å². The number of furan rings is 1. The largest absolute Gasteiger partial charge is 0.472 e. The first-order valence-corrected chi connectivity index (χ1v) is 6.26. The first-order valence-electron chi connectivity index (χ1n) is 5.88. The molecule has 1 unspecified atom stereocenters. The molecule has 1 heterocycles. The lowest BCUT2D eigenvalue weighted by molar-refractivity contribution is -0.117. The van der Waals surface area contributed by atoms with Gasteiger partial charge < -0.3 is 9.73 Å². The van der Waals surface area contributed by atoms with Crippen LogP contribution in [0.25, 0.3) is 0 Å². The van der Waals surface area contributed by atoms with Gasteiger partial charge in [0, 0.05) is 16.8 Å². The fourth-order valence-electron chi connectivity index (χ4n) is 1.70. The summed E-state index contributed by atoms with van der Waals surface area (Å²) in [6, 6.07) is 6.94. The summed E-state index contributed by atoms with van der Waals surface area (Å²) in [7, 11) is 0. The molecule has 1 aromatic heterocycles. The Kier molecular flexibility index (Phi) is 4.09. The number of hydrogen-bond donors (Lipinski definition) is 1. The quantitative estimate of drug-likeness (QED) is 0.855. The van der Waals surface area contributed by atoms with E-state index in [-0.39, 0.29) is 17.2 Å². The average molecular weight is 300 g/mol. The lowest BCUT2D eigenvalue weighted by Gasteiger charge is -2.13. The van der Waals surface area contributed by atoms with E-state index in [1.54, 1.807) is 13.0 Å². The van der Waals surface area contributed by atoms with Crippen LogP contribution in [-0.4, -0.2) is 5.91 Å². The first kappa shape index (κ1) is 14.5. The summed E-state index contributed by atoms with van der Waals surface area (Å²) in [5.74, 6) is -0.768. The molecular formula is C14H12ClF2NO2. The topological polar surface area (TPSA) is 42.2 Å². The zero-order valence-corrected chi connectivity index (χ0v) is 11.3. The fraction of sp³-hybridized carbons (Fsp3) is 0.214. The highest BCUT2D eigenvalue weighted by atomic mass is 35.5. The zero-order valence-electron chi connectivity index (χ0n) is 10.6. The van der Waals surface area contributed by atoms with Crippen molar-refractivity contribution in [3.8, 4) is 0 Å². The third-order valence-corrected chi connectivity index (χ3v) is 3.11. The summed E-state index contributed by atoms with van der Waals surface area (Å²) < 4.78 is 30.9. The minimum absolute atomic E-state index is 0.267. The molecule has 1 amide bonds. The number of benzene rings is 1. The number of alkyl halides is 3. The monoisotopic (exact) mass is 299 g/mol. The van der Waals surface area contributed by atoms with Gasteiger partial charge in [0.25, 0.3) is 0 Å². The van der Waals surface area contributed by atoms with Crippen molar-refractivity contribution in [3.05, 3.63) is 54.0 Å². The normalized spacial score (nSPS) is 13.0. The van der Waals surface area contributed by atoms with Crippen molar-refractivity contribution in [3.63, 3.8) is 0 Å². The molecule has 0 saturated carbocycles. The van der Waals surface area contributed by atoms with Crippen LogP contribution in [0.15, 0.2) is 47.3 Å². The van der Waals surface area contributed by atoms with Gasteiger partial charge in [-0.1, -0.05) is 12.1 Å². The maximum Gasteiger partial charge on any atom is 0.348 e. The molecule has 0 radical (unpaired) electrons. The summed E-state index contributed by atoms with van der Waals surface area (Å²) in [6.45, 7) is 1.69. The number of carbonyl (C=O) groups excluding carboxylic acids is 1. The van der Waals surface area contributed by atoms with Crippen molar-refractivity contribution in [2.75, 3.05) is 5.32 Å². The highest BCUT2D eigenvalue weighted by Crippen LogP contribution is 2.33. The summed E-state index contributed by atoms with van der Waals surface area (Å²) in [4.78, 5) is 12.0. The van der Waals surface area contributed by atoms with Gasteiger partial charge in [-0.15, -0.1) is 0 Å². The molecule has 0 aliphatic carbocycles. The number of nitrogens with one attached hydrogen (secondary N) is 1. The second-order valence-corrected chi connectivity index (χ2v) is 4.82. The molecule has 0 aliphatic rings. The number of amides is 1. The second kappa shape index (κ2) is 5.63. The van der Waals surface area contributed by atoms with E-state index >= 15 is 0 Å². The van der Waals surface area contributed by atoms with E-state index < -0.39 is 11.3 Å². The molecule has 1 aromatic carbocycles. The van der Waals surface area contributed by atoms with Crippen molar-refractivity contribution in [1.82, 2.24) is 0 Å². The summed E-state index contributed by atoms with van der Waals surface area (Å²) >= 11 is 4.95. The van der Waals surface area contributed by atoms with Gasteiger partial charge in [0.05, 0.1) is 18.4 Å². The van der Waals surface area contributed by atoms with E-state index in [1.807, 2.05) is 0 Å². The highest BCUT2D eigenvalue weighted by Gasteiger charge is 2.28. The molecule has 20 heavy (non-hydrogen) atoms. The Labute approximate surface area is 119 Å². The van der Waals surface area contributed by atoms with E-state index in [0.29, 0.717) is 5.56 Å². The standard InChI is InChI=1S/C14H12ClF2NO2/c1-9(10-5-6-20-8-10)13(19)18-12-4-2-3-11(7-12)14(15,16)17/h2-9H,1H3,(H,18,19). The van der Waals surface area contributed by atoms with Crippen LogP contribution in [0.2, 0.25) is 0 Å². The van der Waals surface area contributed by atoms with Gasteiger partial charge in [-0.3, -0.25) is 4.79 Å². The van der Waals surface area contributed by atoms with Crippen molar-refractivity contribution >= 4 is 23.2 Å². The van der Waals surface area contributed by atoms with Crippen LogP contribution in [0.4, 0.5) is 14.5 Å². The first-order chi connectivity index (χ1) is 9.38. The van der Waals surface area contributed by atoms with Crippen LogP contribution in [0, 0.1) is 0 Å². The van der Waals surface area contributed by atoms with Crippen LogP contribution < -0.4 is 5.32 Å². The minimum Gasteiger partial charge on any atom is -0.472 e. The van der Waals surface area contributed by atoms with Crippen molar-refractivity contribution in [2.24, 2.45) is 0 Å². The molecule has 0 spiro atoms. The second-order valence-electron chi connectivity index (χ2n) is 4.35. The van der Waals surface area contributed by atoms with Gasteiger partial charge in [-0.25, -0.2) is 0 Å². The van der Waals surface area contributed by atoms with Crippen molar-refractivity contribution < 1.29 is 18.0 Å². The molecular weight excluding hydrogens is 288 g/mol. The Morgan fingerprint density at radius 1 is 1.40 bits per heavy atom. The van der Waals surface area contributed by atoms with E-state index in [0.717, 1.165) is 6.07 Å². The minimum atomic E-state index is -3.46. The Morgan fingerprint density at radius 3 is 2.75 bits per heavy atom. The third-order valence-electron chi connectivity index (χ3n) is 2.89. The Morgan fingerprint density at radius 2 is 2.15 bits per heavy atom. The summed E-state index contributed by atoms with van der Waals surface area (Å²) in [5.41, 5.74) is 0.609. The Hall–Kier alpha value is -1.88. The van der Waals surface area contributed by atoms with Crippen LogP contribution in [0.1, 0.15) is 24.0 Å². The molecule has 2 rings (SSSR count). The maximum atomic E-state index is 13.0. The maximum absolute atomic E-state index is 13.0. The van der Waals surface area contributed by atoms with Crippen LogP contribution >= 0.6 is 11.6 Å². The zero-order chi connectivity index (χ0) is 14.8. The van der Waals surface area contributed by atoms with Crippen LogP contribution in [-0.2, 0) is 10.2 Å². The molecule has 1 atom stereocenters. The van der Waals surface area contributed by atoms with Gasteiger partial charge in [-0.2, -0.15) is 8.78 Å². The van der Waals surface area contributed by atoms with E-state index in [2.05, 4.69) is 5.32 Å². The summed E-state index contributed by atoms with van der Waals surface area (Å²) in [5, 5.41) is -0.892. The Bertz CT molecular complexity index is 593. The third kappa shape index (κ3) is 3.36. The van der Waals surface area contributed by atoms with Crippen LogP contribution in [0.3, 0.4) is 0 Å². The number of carbonyl (C=O) groups is 1. The van der Waals surface area contributed by atoms with Gasteiger partial charge in [0.1, 0.15) is 0 Å². The van der Waals surface area contributed by atoms with Crippen molar-refractivity contribution in [2.45, 2.75) is 18.2 Å². The lowest BCUT2D eigenvalue weighted by atomic mass is 10.0.